The number of amides is 2. The van der Waals surface area contributed by atoms with Crippen molar-refractivity contribution in [3.63, 3.8) is 0 Å². The third kappa shape index (κ3) is 3.85. The monoisotopic (exact) mass is 478 g/mol. The fourth-order valence-corrected chi connectivity index (χ4v) is 4.72. The molecule has 1 aromatic rings. The van der Waals surface area contributed by atoms with Crippen LogP contribution < -0.4 is 15.1 Å². The number of halogens is 1. The van der Waals surface area contributed by atoms with E-state index in [4.69, 9.17) is 9.57 Å². The van der Waals surface area contributed by atoms with Gasteiger partial charge in [-0.15, -0.1) is 0 Å². The summed E-state index contributed by atoms with van der Waals surface area (Å²) in [4.78, 5) is 45.1. The molecule has 3 atom stereocenters. The Morgan fingerprint density at radius 1 is 1.26 bits per heavy atom. The zero-order valence-electron chi connectivity index (χ0n) is 18.7. The summed E-state index contributed by atoms with van der Waals surface area (Å²) in [6.07, 6.45) is -0.135. The van der Waals surface area contributed by atoms with Crippen molar-refractivity contribution in [1.82, 2.24) is 10.4 Å². The first-order valence-corrected chi connectivity index (χ1v) is 11.3. The number of anilines is 2. The molecule has 4 fully saturated rings. The van der Waals surface area contributed by atoms with Gasteiger partial charge >= 0.3 is 12.1 Å². The molecule has 2 aliphatic carbocycles. The fraction of sp³-hybridized carbons (Fsp3) is 0.591. The highest BCUT2D eigenvalue weighted by Gasteiger charge is 2.64. The fourth-order valence-electron chi connectivity index (χ4n) is 4.72. The number of aliphatic hydroxyl groups excluding tert-OH is 1. The Kier molecular flexibility index (Phi) is 5.41. The number of hydrogen-bond acceptors (Lipinski definition) is 8. The quantitative estimate of drug-likeness (QED) is 0.399. The Labute approximate surface area is 194 Å². The molecule has 4 aliphatic rings. The largest absolute Gasteiger partial charge is 0.480 e. The summed E-state index contributed by atoms with van der Waals surface area (Å²) in [6, 6.07) is 4.33. The van der Waals surface area contributed by atoms with Crippen LogP contribution in [0, 0.1) is 11.2 Å². The molecule has 0 bridgehead atoms. The first-order chi connectivity index (χ1) is 16.1. The van der Waals surface area contributed by atoms with Crippen LogP contribution in [0.15, 0.2) is 18.2 Å². The van der Waals surface area contributed by atoms with Gasteiger partial charge in [-0.2, -0.15) is 0 Å². The van der Waals surface area contributed by atoms with Gasteiger partial charge in [0.15, 0.2) is 0 Å². The molecule has 2 heterocycles. The van der Waals surface area contributed by atoms with Crippen molar-refractivity contribution in [2.24, 2.45) is 5.41 Å². The SMILES string of the molecule is CC(O)NC1C[C@]12CN(c1ccc(N3CCON(C(=O)C4(C(=O)O)CC4)CC3)c(F)c1)C(=O)O2. The lowest BCUT2D eigenvalue weighted by molar-refractivity contribution is -0.191. The van der Waals surface area contributed by atoms with Crippen LogP contribution in [-0.2, 0) is 19.2 Å². The predicted octanol–water partition coefficient (Wildman–Crippen LogP) is 0.666. The van der Waals surface area contributed by atoms with E-state index in [9.17, 15) is 24.6 Å². The Morgan fingerprint density at radius 3 is 2.68 bits per heavy atom. The van der Waals surface area contributed by atoms with E-state index < -0.39 is 41.0 Å². The number of ether oxygens (including phenoxy) is 1. The molecule has 1 spiro atoms. The summed E-state index contributed by atoms with van der Waals surface area (Å²) in [5.41, 5.74) is -1.44. The van der Waals surface area contributed by atoms with Crippen molar-refractivity contribution >= 4 is 29.3 Å². The van der Waals surface area contributed by atoms with Crippen molar-refractivity contribution < 1.29 is 38.6 Å². The Balaban J connectivity index is 1.24. The van der Waals surface area contributed by atoms with E-state index in [2.05, 4.69) is 5.32 Å². The second-order valence-corrected chi connectivity index (χ2v) is 9.37. The van der Waals surface area contributed by atoms with Crippen LogP contribution in [0.25, 0.3) is 0 Å². The highest BCUT2D eigenvalue weighted by molar-refractivity contribution is 6.04. The van der Waals surface area contributed by atoms with Gasteiger partial charge in [-0.1, -0.05) is 0 Å². The third-order valence-electron chi connectivity index (χ3n) is 6.96. The third-order valence-corrected chi connectivity index (χ3v) is 6.96. The van der Waals surface area contributed by atoms with E-state index in [-0.39, 0.29) is 45.1 Å². The summed E-state index contributed by atoms with van der Waals surface area (Å²) in [6.45, 7) is 2.62. The smallest absolute Gasteiger partial charge is 0.415 e. The zero-order chi connectivity index (χ0) is 24.3. The highest BCUT2D eigenvalue weighted by atomic mass is 19.1. The number of hydroxylamine groups is 2. The molecule has 12 heteroatoms. The van der Waals surface area contributed by atoms with E-state index in [1.165, 1.54) is 11.0 Å². The molecule has 2 saturated heterocycles. The molecular formula is C22H27FN4O7. The number of carboxylic acids is 1. The number of carbonyl (C=O) groups is 3. The first-order valence-electron chi connectivity index (χ1n) is 11.3. The van der Waals surface area contributed by atoms with Gasteiger partial charge in [0.05, 0.1) is 37.1 Å². The second kappa shape index (κ2) is 8.07. The molecule has 2 aliphatic heterocycles. The summed E-state index contributed by atoms with van der Waals surface area (Å²) in [5.74, 6) is -2.25. The number of carboxylic acid groups (broad SMARTS) is 1. The molecule has 2 amide bonds. The van der Waals surface area contributed by atoms with Gasteiger partial charge in [0.1, 0.15) is 23.1 Å². The number of nitrogens with one attached hydrogen (secondary N) is 1. The van der Waals surface area contributed by atoms with Crippen LogP contribution in [-0.4, -0.2) is 83.9 Å². The second-order valence-electron chi connectivity index (χ2n) is 9.37. The van der Waals surface area contributed by atoms with E-state index in [0.717, 1.165) is 5.06 Å². The Hall–Kier alpha value is -2.96. The lowest BCUT2D eigenvalue weighted by Crippen LogP contribution is -2.42. The van der Waals surface area contributed by atoms with Crippen LogP contribution in [0.1, 0.15) is 26.2 Å². The van der Waals surface area contributed by atoms with Crippen molar-refractivity contribution in [3.8, 4) is 0 Å². The van der Waals surface area contributed by atoms with Crippen molar-refractivity contribution in [2.75, 3.05) is 42.6 Å². The maximum Gasteiger partial charge on any atom is 0.415 e. The molecule has 2 unspecified atom stereocenters. The number of aliphatic hydroxyl groups is 1. The van der Waals surface area contributed by atoms with Crippen molar-refractivity contribution in [1.29, 1.82) is 0 Å². The van der Waals surface area contributed by atoms with Gasteiger partial charge in [0.25, 0.3) is 5.91 Å². The van der Waals surface area contributed by atoms with Crippen LogP contribution in [0.2, 0.25) is 0 Å². The van der Waals surface area contributed by atoms with E-state index in [1.807, 2.05) is 0 Å². The lowest BCUT2D eigenvalue weighted by Gasteiger charge is -2.24. The molecule has 0 aromatic heterocycles. The Morgan fingerprint density at radius 2 is 2.03 bits per heavy atom. The molecule has 1 aromatic carbocycles. The van der Waals surface area contributed by atoms with Gasteiger partial charge < -0.3 is 19.8 Å². The number of carbonyl (C=O) groups excluding carboxylic acids is 2. The lowest BCUT2D eigenvalue weighted by atomic mass is 10.1. The van der Waals surface area contributed by atoms with Crippen molar-refractivity contribution in [2.45, 2.75) is 44.1 Å². The van der Waals surface area contributed by atoms with Crippen LogP contribution >= 0.6 is 0 Å². The summed E-state index contributed by atoms with van der Waals surface area (Å²) < 4.78 is 20.6. The number of rotatable bonds is 6. The molecule has 2 saturated carbocycles. The van der Waals surface area contributed by atoms with Gasteiger partial charge in [-0.05, 0) is 38.0 Å². The normalized spacial score (nSPS) is 28.5. The van der Waals surface area contributed by atoms with E-state index in [0.29, 0.717) is 24.3 Å². The highest BCUT2D eigenvalue weighted by Crippen LogP contribution is 2.48. The summed E-state index contributed by atoms with van der Waals surface area (Å²) in [5, 5.41) is 22.9. The van der Waals surface area contributed by atoms with Crippen LogP contribution in [0.3, 0.4) is 0 Å². The van der Waals surface area contributed by atoms with Gasteiger partial charge in [0.2, 0.25) is 0 Å². The minimum atomic E-state index is -1.39. The average molecular weight is 478 g/mol. The number of nitrogens with zero attached hydrogens (tertiary/aromatic N) is 3. The molecule has 3 N–H and O–H groups in total. The van der Waals surface area contributed by atoms with E-state index in [1.54, 1.807) is 24.0 Å². The summed E-state index contributed by atoms with van der Waals surface area (Å²) >= 11 is 0. The topological polar surface area (TPSA) is 132 Å². The minimum absolute atomic E-state index is 0.0985. The molecule has 5 rings (SSSR count). The molecular weight excluding hydrogens is 451 g/mol. The molecule has 11 nitrogen and oxygen atoms in total. The summed E-state index contributed by atoms with van der Waals surface area (Å²) in [7, 11) is 0. The van der Waals surface area contributed by atoms with Crippen LogP contribution in [0.5, 0.6) is 0 Å². The van der Waals surface area contributed by atoms with E-state index >= 15 is 4.39 Å². The molecule has 34 heavy (non-hydrogen) atoms. The average Bonchev–Trinajstić information content (AvgIpc) is 3.67. The van der Waals surface area contributed by atoms with Gasteiger partial charge in [0, 0.05) is 19.5 Å². The molecule has 0 radical (unpaired) electrons. The van der Waals surface area contributed by atoms with Gasteiger partial charge in [-0.25, -0.2) is 14.2 Å². The van der Waals surface area contributed by atoms with Crippen molar-refractivity contribution in [3.05, 3.63) is 24.0 Å². The Bertz CT molecular complexity index is 1030. The van der Waals surface area contributed by atoms with Gasteiger partial charge in [-0.3, -0.25) is 24.6 Å². The maximum absolute atomic E-state index is 15.1. The molecule has 184 valence electrons. The first kappa shape index (κ1) is 22.8. The predicted molar refractivity (Wildman–Crippen MR) is 115 cm³/mol. The number of aliphatic carboxylic acids is 1. The number of hydrogen-bond donors (Lipinski definition) is 3. The van der Waals surface area contributed by atoms with Crippen LogP contribution in [0.4, 0.5) is 20.6 Å². The minimum Gasteiger partial charge on any atom is -0.480 e. The zero-order valence-corrected chi connectivity index (χ0v) is 18.7. The maximum atomic E-state index is 15.1. The standard InChI is InChI=1S/C22H27FN4O7/c1-13(28)24-17-11-22(17)12-26(20(32)34-22)14-2-3-16(15(23)10-14)25-6-7-27(33-9-8-25)18(29)21(4-5-21)19(30)31/h2-3,10,13,17,24,28H,4-9,11-12H2,1H3,(H,30,31)/t13?,17?,22-/m0/s1. The number of benzene rings is 1.